The second-order valence-corrected chi connectivity index (χ2v) is 2.32. The maximum Gasteiger partial charge on any atom is 0.325 e. The van der Waals surface area contributed by atoms with Gasteiger partial charge in [-0.05, 0) is 6.92 Å². The number of hydrogen-bond acceptors (Lipinski definition) is 4. The Balaban J connectivity index is 3.18. The van der Waals surface area contributed by atoms with Crippen LogP contribution in [0.25, 0.3) is 0 Å². The van der Waals surface area contributed by atoms with Crippen molar-refractivity contribution >= 4 is 5.97 Å². The highest BCUT2D eigenvalue weighted by Gasteiger charge is 2.22. The Bertz CT molecular complexity index is 351. The molecule has 1 aromatic heterocycles. The van der Waals surface area contributed by atoms with Crippen molar-refractivity contribution in [2.45, 2.75) is 13.0 Å². The molecule has 0 fully saturated rings. The minimum Gasteiger partial charge on any atom is -0.480 e. The minimum absolute atomic E-state index is 0.0394. The van der Waals surface area contributed by atoms with Crippen LogP contribution in [0.15, 0.2) is 9.32 Å². The van der Waals surface area contributed by atoms with Crippen LogP contribution in [0, 0.1) is 6.92 Å². The van der Waals surface area contributed by atoms with Crippen molar-refractivity contribution in [3.05, 3.63) is 21.7 Å². The first-order valence-electron chi connectivity index (χ1n) is 3.20. The lowest BCUT2D eigenvalue weighted by Crippen LogP contribution is -2.26. The number of aliphatic carboxylic acids is 1. The zero-order chi connectivity index (χ0) is 9.30. The normalized spacial score (nSPS) is 12.8. The van der Waals surface area contributed by atoms with Gasteiger partial charge >= 0.3 is 5.97 Å². The zero-order valence-electron chi connectivity index (χ0n) is 6.33. The molecule has 1 heterocycles. The number of carboxylic acids is 1. The first kappa shape index (κ1) is 8.54. The number of hydrogen-bond donors (Lipinski definition) is 3. The molecule has 66 valence electrons. The smallest absolute Gasteiger partial charge is 0.325 e. The van der Waals surface area contributed by atoms with Crippen molar-refractivity contribution in [3.63, 3.8) is 0 Å². The molecule has 1 rings (SSSR count). The molecule has 0 unspecified atom stereocenters. The third-order valence-electron chi connectivity index (χ3n) is 1.50. The van der Waals surface area contributed by atoms with Gasteiger partial charge < -0.3 is 15.4 Å². The molecular weight excluding hydrogens is 164 g/mol. The number of aromatic nitrogens is 1. The summed E-state index contributed by atoms with van der Waals surface area (Å²) < 4.78 is 4.59. The predicted molar refractivity (Wildman–Crippen MR) is 38.6 cm³/mol. The summed E-state index contributed by atoms with van der Waals surface area (Å²) >= 11 is 0. The fourth-order valence-electron chi connectivity index (χ4n) is 0.876. The highest BCUT2D eigenvalue weighted by Crippen LogP contribution is 2.09. The Kier molecular flexibility index (Phi) is 2.01. The fourth-order valence-corrected chi connectivity index (χ4v) is 0.876. The molecule has 0 saturated carbocycles. The molecule has 4 N–H and O–H groups in total. The van der Waals surface area contributed by atoms with Crippen molar-refractivity contribution in [2.75, 3.05) is 0 Å². The number of rotatable bonds is 2. The number of nitrogens with two attached hydrogens (primary N) is 1. The van der Waals surface area contributed by atoms with E-state index >= 15 is 0 Å². The van der Waals surface area contributed by atoms with Crippen LogP contribution < -0.4 is 11.3 Å². The monoisotopic (exact) mass is 172 g/mol. The van der Waals surface area contributed by atoms with E-state index in [-0.39, 0.29) is 11.3 Å². The summed E-state index contributed by atoms with van der Waals surface area (Å²) in [6, 6.07) is -1.33. The maximum absolute atomic E-state index is 10.9. The minimum atomic E-state index is -1.33. The molecule has 0 saturated heterocycles. The van der Waals surface area contributed by atoms with Gasteiger partial charge in [0.1, 0.15) is 11.8 Å². The third kappa shape index (κ3) is 1.24. The summed E-state index contributed by atoms with van der Waals surface area (Å²) in [5.74, 6) is -1.06. The maximum atomic E-state index is 10.9. The predicted octanol–water partition coefficient (Wildman–Crippen LogP) is -0.639. The zero-order valence-corrected chi connectivity index (χ0v) is 6.33. The molecule has 0 aliphatic rings. The van der Waals surface area contributed by atoms with Crippen LogP contribution in [0.5, 0.6) is 0 Å². The average Bonchev–Trinajstić information content (AvgIpc) is 2.30. The Hall–Kier alpha value is -1.56. The van der Waals surface area contributed by atoms with Gasteiger partial charge in [0.2, 0.25) is 0 Å². The molecule has 0 radical (unpaired) electrons. The van der Waals surface area contributed by atoms with Crippen LogP contribution in [0.2, 0.25) is 0 Å². The van der Waals surface area contributed by atoms with Crippen molar-refractivity contribution in [1.29, 1.82) is 0 Å². The topological polar surface area (TPSA) is 109 Å². The molecule has 6 nitrogen and oxygen atoms in total. The first-order chi connectivity index (χ1) is 5.54. The molecule has 0 aliphatic heterocycles. The summed E-state index contributed by atoms with van der Waals surface area (Å²) in [5.41, 5.74) is 4.57. The van der Waals surface area contributed by atoms with Gasteiger partial charge in [0.15, 0.2) is 0 Å². The van der Waals surface area contributed by atoms with E-state index in [2.05, 4.69) is 4.52 Å². The van der Waals surface area contributed by atoms with E-state index in [9.17, 15) is 9.59 Å². The molecule has 1 atom stereocenters. The van der Waals surface area contributed by atoms with Crippen molar-refractivity contribution in [1.82, 2.24) is 5.16 Å². The SMILES string of the molecule is Cc1o[nH]c(=O)c1[C@@H](N)C(=O)O. The Morgan fingerprint density at radius 3 is 2.67 bits per heavy atom. The molecule has 0 aliphatic carbocycles. The summed E-state index contributed by atoms with van der Waals surface area (Å²) in [4.78, 5) is 21.3. The lowest BCUT2D eigenvalue weighted by Gasteiger charge is -2.00. The number of aryl methyl sites for hydroxylation is 1. The van der Waals surface area contributed by atoms with Crippen LogP contribution in [-0.2, 0) is 4.79 Å². The van der Waals surface area contributed by atoms with Crippen LogP contribution in [0.1, 0.15) is 17.4 Å². The first-order valence-corrected chi connectivity index (χ1v) is 3.20. The highest BCUT2D eigenvalue weighted by atomic mass is 16.5. The molecule has 1 aromatic rings. The van der Waals surface area contributed by atoms with Gasteiger partial charge in [-0.1, -0.05) is 0 Å². The van der Waals surface area contributed by atoms with Crippen LogP contribution in [-0.4, -0.2) is 16.2 Å². The molecule has 0 bridgehead atoms. The van der Waals surface area contributed by atoms with Gasteiger partial charge in [-0.15, -0.1) is 0 Å². The number of H-pyrrole nitrogens is 1. The van der Waals surface area contributed by atoms with Crippen LogP contribution in [0.4, 0.5) is 0 Å². The molecule has 12 heavy (non-hydrogen) atoms. The van der Waals surface area contributed by atoms with E-state index in [0.29, 0.717) is 0 Å². The van der Waals surface area contributed by atoms with E-state index in [1.165, 1.54) is 6.92 Å². The molecule has 0 amide bonds. The largest absolute Gasteiger partial charge is 0.480 e. The quantitative estimate of drug-likeness (QED) is 0.549. The summed E-state index contributed by atoms with van der Waals surface area (Å²) in [6.07, 6.45) is 0. The van der Waals surface area contributed by atoms with Gasteiger partial charge in [-0.2, -0.15) is 5.16 Å². The number of carboxylic acid groups (broad SMARTS) is 1. The lowest BCUT2D eigenvalue weighted by molar-refractivity contribution is -0.138. The number of aromatic amines is 1. The summed E-state index contributed by atoms with van der Waals surface area (Å²) in [6.45, 7) is 1.47. The Labute approximate surface area is 66.9 Å². The van der Waals surface area contributed by atoms with Crippen LogP contribution >= 0.6 is 0 Å². The number of carbonyl (C=O) groups is 1. The Morgan fingerprint density at radius 2 is 2.33 bits per heavy atom. The van der Waals surface area contributed by atoms with Crippen molar-refractivity contribution < 1.29 is 14.4 Å². The standard InChI is InChI=1S/C6H8N2O4/c1-2-3(4(7)6(10)11)5(9)8-12-2/h4H,7H2,1H3,(H,8,9)(H,10,11)/t4-/m1/s1. The Morgan fingerprint density at radius 1 is 1.75 bits per heavy atom. The molecule has 0 aromatic carbocycles. The second kappa shape index (κ2) is 2.82. The molecule has 0 spiro atoms. The number of nitrogens with one attached hydrogen (secondary N) is 1. The summed E-state index contributed by atoms with van der Waals surface area (Å²) in [7, 11) is 0. The van der Waals surface area contributed by atoms with Crippen LogP contribution in [0.3, 0.4) is 0 Å². The van der Waals surface area contributed by atoms with Gasteiger partial charge in [0, 0.05) is 0 Å². The van der Waals surface area contributed by atoms with Crippen molar-refractivity contribution in [2.24, 2.45) is 5.73 Å². The molecular formula is C6H8N2O4. The van der Waals surface area contributed by atoms with E-state index in [1.807, 2.05) is 5.16 Å². The highest BCUT2D eigenvalue weighted by molar-refractivity contribution is 5.75. The lowest BCUT2D eigenvalue weighted by atomic mass is 10.1. The fraction of sp³-hybridized carbons (Fsp3) is 0.333. The third-order valence-corrected chi connectivity index (χ3v) is 1.50. The van der Waals surface area contributed by atoms with Crippen molar-refractivity contribution in [3.8, 4) is 0 Å². The molecule has 6 heteroatoms. The average molecular weight is 172 g/mol. The second-order valence-electron chi connectivity index (χ2n) is 2.32. The van der Waals surface area contributed by atoms with Gasteiger partial charge in [0.05, 0.1) is 5.56 Å². The summed E-state index contributed by atoms with van der Waals surface area (Å²) in [5, 5.41) is 10.5. The van der Waals surface area contributed by atoms with Gasteiger partial charge in [-0.3, -0.25) is 9.59 Å². The van der Waals surface area contributed by atoms with E-state index in [0.717, 1.165) is 0 Å². The van der Waals surface area contributed by atoms with E-state index in [4.69, 9.17) is 10.8 Å². The van der Waals surface area contributed by atoms with Gasteiger partial charge in [0.25, 0.3) is 5.56 Å². The van der Waals surface area contributed by atoms with E-state index < -0.39 is 17.6 Å². The van der Waals surface area contributed by atoms with Gasteiger partial charge in [-0.25, -0.2) is 0 Å². The van der Waals surface area contributed by atoms with E-state index in [1.54, 1.807) is 0 Å².